The molecule has 0 fully saturated rings. The molecule has 54 valence electrons. The zero-order valence-corrected chi connectivity index (χ0v) is 6.03. The number of hydrogen-bond donors (Lipinski definition) is 0. The van der Waals surface area contributed by atoms with E-state index >= 15 is 0 Å². The molecule has 1 rings (SSSR count). The third-order valence-corrected chi connectivity index (χ3v) is 1.25. The fourth-order valence-electron chi connectivity index (χ4n) is 0.763. The molecule has 1 heteroatoms. The van der Waals surface area contributed by atoms with Gasteiger partial charge in [0.05, 0.1) is 0 Å². The van der Waals surface area contributed by atoms with Crippen LogP contribution in [-0.4, -0.2) is 5.94 Å². The number of benzene rings is 1. The quantitative estimate of drug-likeness (QED) is 0.459. The molecular formula is C10H8O. The first-order valence-electron chi connectivity index (χ1n) is 3.36. The van der Waals surface area contributed by atoms with Crippen molar-refractivity contribution in [1.82, 2.24) is 0 Å². The van der Waals surface area contributed by atoms with Gasteiger partial charge in [0.25, 0.3) is 0 Å². The maximum absolute atomic E-state index is 9.76. The zero-order valence-electron chi connectivity index (χ0n) is 6.03. The SMILES string of the molecule is O=C=CC=Cc1ccccc1. The van der Waals surface area contributed by atoms with Gasteiger partial charge in [-0.3, -0.25) is 0 Å². The fourth-order valence-corrected chi connectivity index (χ4v) is 0.763. The molecule has 11 heavy (non-hydrogen) atoms. The van der Waals surface area contributed by atoms with Crippen molar-refractivity contribution in [2.24, 2.45) is 0 Å². The Hall–Kier alpha value is -1.59. The zero-order chi connectivity index (χ0) is 7.94. The summed E-state index contributed by atoms with van der Waals surface area (Å²) >= 11 is 0. The summed E-state index contributed by atoms with van der Waals surface area (Å²) in [5, 5.41) is 0. The maximum Gasteiger partial charge on any atom is 0.124 e. The van der Waals surface area contributed by atoms with E-state index in [1.165, 1.54) is 6.08 Å². The highest BCUT2D eigenvalue weighted by atomic mass is 16.1. The van der Waals surface area contributed by atoms with Crippen LogP contribution in [0.3, 0.4) is 0 Å². The van der Waals surface area contributed by atoms with Crippen LogP contribution in [0.15, 0.2) is 42.5 Å². The monoisotopic (exact) mass is 144 g/mol. The van der Waals surface area contributed by atoms with E-state index in [9.17, 15) is 4.79 Å². The van der Waals surface area contributed by atoms with Crippen molar-refractivity contribution in [3.63, 3.8) is 0 Å². The van der Waals surface area contributed by atoms with Crippen LogP contribution in [0.5, 0.6) is 0 Å². The standard InChI is InChI=1S/C10H8O/c11-9-5-4-8-10-6-2-1-3-7-10/h1-8H. The van der Waals surface area contributed by atoms with Crippen LogP contribution in [0.1, 0.15) is 5.56 Å². The molecule has 0 bridgehead atoms. The predicted molar refractivity (Wildman–Crippen MR) is 45.7 cm³/mol. The number of hydrogen-bond acceptors (Lipinski definition) is 1. The van der Waals surface area contributed by atoms with Gasteiger partial charge in [-0.25, -0.2) is 4.79 Å². The second-order valence-electron chi connectivity index (χ2n) is 2.05. The van der Waals surface area contributed by atoms with Crippen molar-refractivity contribution in [2.75, 3.05) is 0 Å². The smallest absolute Gasteiger partial charge is 0.124 e. The third-order valence-electron chi connectivity index (χ3n) is 1.25. The molecule has 1 aromatic carbocycles. The Morgan fingerprint density at radius 2 is 1.91 bits per heavy atom. The van der Waals surface area contributed by atoms with Crippen LogP contribution in [0.25, 0.3) is 6.08 Å². The van der Waals surface area contributed by atoms with Gasteiger partial charge in [0.15, 0.2) is 0 Å². The van der Waals surface area contributed by atoms with Crippen LogP contribution in [0, 0.1) is 0 Å². The third kappa shape index (κ3) is 2.65. The molecule has 0 atom stereocenters. The Balaban J connectivity index is 2.72. The van der Waals surface area contributed by atoms with Crippen molar-refractivity contribution in [3.05, 3.63) is 48.0 Å². The highest BCUT2D eigenvalue weighted by Crippen LogP contribution is 1.99. The Labute approximate surface area is 65.7 Å². The lowest BCUT2D eigenvalue weighted by Gasteiger charge is -1.87. The molecule has 0 aromatic heterocycles. The minimum absolute atomic E-state index is 1.08. The Kier molecular flexibility index (Phi) is 2.91. The summed E-state index contributed by atoms with van der Waals surface area (Å²) < 4.78 is 0. The lowest BCUT2D eigenvalue weighted by atomic mass is 10.2. The van der Waals surface area contributed by atoms with Crippen molar-refractivity contribution in [3.8, 4) is 0 Å². The first-order valence-corrected chi connectivity index (χ1v) is 3.36. The lowest BCUT2D eigenvalue weighted by molar-refractivity contribution is 0.569. The molecule has 0 radical (unpaired) electrons. The van der Waals surface area contributed by atoms with E-state index in [0.29, 0.717) is 0 Å². The van der Waals surface area contributed by atoms with Crippen LogP contribution in [0.2, 0.25) is 0 Å². The summed E-state index contributed by atoms with van der Waals surface area (Å²) in [6.45, 7) is 0. The van der Waals surface area contributed by atoms with Gasteiger partial charge in [-0.15, -0.1) is 0 Å². The van der Waals surface area contributed by atoms with Gasteiger partial charge in [-0.1, -0.05) is 42.5 Å². The number of carbonyl (C=O) groups excluding carboxylic acids is 1. The summed E-state index contributed by atoms with van der Waals surface area (Å²) in [7, 11) is 0. The van der Waals surface area contributed by atoms with E-state index in [1.807, 2.05) is 36.4 Å². The molecule has 0 saturated heterocycles. The van der Waals surface area contributed by atoms with Crippen molar-refractivity contribution >= 4 is 12.0 Å². The van der Waals surface area contributed by atoms with Crippen LogP contribution >= 0.6 is 0 Å². The summed E-state index contributed by atoms with van der Waals surface area (Å²) in [4.78, 5) is 9.76. The topological polar surface area (TPSA) is 17.1 Å². The van der Waals surface area contributed by atoms with Gasteiger partial charge >= 0.3 is 0 Å². The van der Waals surface area contributed by atoms with Crippen molar-refractivity contribution in [1.29, 1.82) is 0 Å². The number of allylic oxidation sites excluding steroid dienone is 2. The van der Waals surface area contributed by atoms with Gasteiger partial charge in [-0.05, 0) is 5.56 Å². The van der Waals surface area contributed by atoms with Crippen LogP contribution in [0.4, 0.5) is 0 Å². The lowest BCUT2D eigenvalue weighted by Crippen LogP contribution is -1.66. The first-order chi connectivity index (χ1) is 5.43. The molecular weight excluding hydrogens is 136 g/mol. The molecule has 0 aliphatic rings. The molecule has 0 saturated carbocycles. The average molecular weight is 144 g/mol. The van der Waals surface area contributed by atoms with Crippen LogP contribution < -0.4 is 0 Å². The van der Waals surface area contributed by atoms with E-state index in [1.54, 1.807) is 12.0 Å². The van der Waals surface area contributed by atoms with E-state index < -0.39 is 0 Å². The normalized spacial score (nSPS) is 9.45. The summed E-state index contributed by atoms with van der Waals surface area (Å²) in [5.41, 5.74) is 1.08. The molecule has 0 heterocycles. The molecule has 1 nitrogen and oxygen atoms in total. The first kappa shape index (κ1) is 7.52. The Morgan fingerprint density at radius 3 is 2.55 bits per heavy atom. The van der Waals surface area contributed by atoms with Crippen molar-refractivity contribution in [2.45, 2.75) is 0 Å². The predicted octanol–water partition coefficient (Wildman–Crippen LogP) is 2.09. The Bertz CT molecular complexity index is 279. The summed E-state index contributed by atoms with van der Waals surface area (Å²) in [6, 6.07) is 9.78. The van der Waals surface area contributed by atoms with Gasteiger partial charge < -0.3 is 0 Å². The average Bonchev–Trinajstić information content (AvgIpc) is 2.07. The van der Waals surface area contributed by atoms with E-state index in [-0.39, 0.29) is 0 Å². The molecule has 0 aliphatic carbocycles. The molecule has 0 aliphatic heterocycles. The minimum Gasteiger partial charge on any atom is -0.234 e. The maximum atomic E-state index is 9.76. The van der Waals surface area contributed by atoms with Gasteiger partial charge in [-0.2, -0.15) is 0 Å². The van der Waals surface area contributed by atoms with E-state index in [0.717, 1.165) is 5.56 Å². The Morgan fingerprint density at radius 1 is 1.18 bits per heavy atom. The molecule has 0 amide bonds. The largest absolute Gasteiger partial charge is 0.234 e. The highest BCUT2D eigenvalue weighted by Gasteiger charge is 1.78. The highest BCUT2D eigenvalue weighted by molar-refractivity contribution is 5.57. The fraction of sp³-hybridized carbons (Fsp3) is 0. The summed E-state index contributed by atoms with van der Waals surface area (Å²) in [6.07, 6.45) is 4.86. The molecule has 0 unspecified atom stereocenters. The molecule has 0 spiro atoms. The second kappa shape index (κ2) is 4.26. The molecule has 0 N–H and O–H groups in total. The van der Waals surface area contributed by atoms with Gasteiger partial charge in [0, 0.05) is 6.08 Å². The van der Waals surface area contributed by atoms with E-state index in [4.69, 9.17) is 0 Å². The van der Waals surface area contributed by atoms with Gasteiger partial charge in [0.1, 0.15) is 5.94 Å². The summed E-state index contributed by atoms with van der Waals surface area (Å²) in [5.74, 6) is 1.68. The number of rotatable bonds is 2. The minimum atomic E-state index is 1.08. The van der Waals surface area contributed by atoms with E-state index in [2.05, 4.69) is 0 Å². The molecule has 1 aromatic rings. The van der Waals surface area contributed by atoms with Gasteiger partial charge in [0.2, 0.25) is 0 Å². The van der Waals surface area contributed by atoms with Crippen LogP contribution in [-0.2, 0) is 4.79 Å². The van der Waals surface area contributed by atoms with Crippen molar-refractivity contribution < 1.29 is 4.79 Å². The second-order valence-corrected chi connectivity index (χ2v) is 2.05.